The molecule has 0 bridgehead atoms. The van der Waals surface area contributed by atoms with Crippen LogP contribution in [0.1, 0.15) is 18.5 Å². The van der Waals surface area contributed by atoms with Crippen molar-refractivity contribution < 1.29 is 12.9 Å². The predicted octanol–water partition coefficient (Wildman–Crippen LogP) is 0.102. The standard InChI is InChI=1S/C12H17N5O3S/c18-21(19,15-7-11-3-6-20-16-11)12-8-14-17(9-12)5-4-13-10-1-2-10/h3,6,8-10,13,15H,1-2,4-5,7H2. The van der Waals surface area contributed by atoms with Gasteiger partial charge in [0.2, 0.25) is 10.0 Å². The third-order valence-corrected chi connectivity index (χ3v) is 4.56. The number of hydrogen-bond donors (Lipinski definition) is 2. The molecule has 1 saturated carbocycles. The second kappa shape index (κ2) is 5.96. The first-order valence-electron chi connectivity index (χ1n) is 6.78. The molecule has 1 aliphatic rings. The smallest absolute Gasteiger partial charge is 0.244 e. The molecule has 21 heavy (non-hydrogen) atoms. The molecular formula is C12H17N5O3S. The maximum atomic E-state index is 12.1. The molecule has 8 nitrogen and oxygen atoms in total. The SMILES string of the molecule is O=S(=O)(NCc1ccon1)c1cnn(CCNC2CC2)c1. The Hall–Kier alpha value is -1.71. The van der Waals surface area contributed by atoms with Gasteiger partial charge < -0.3 is 9.84 Å². The van der Waals surface area contributed by atoms with E-state index in [9.17, 15) is 8.42 Å². The van der Waals surface area contributed by atoms with Crippen LogP contribution < -0.4 is 10.0 Å². The van der Waals surface area contributed by atoms with E-state index in [1.54, 1.807) is 10.7 Å². The minimum absolute atomic E-state index is 0.0905. The largest absolute Gasteiger partial charge is 0.364 e. The van der Waals surface area contributed by atoms with Crippen molar-refractivity contribution >= 4 is 10.0 Å². The normalized spacial score (nSPS) is 15.4. The average Bonchev–Trinajstić information content (AvgIpc) is 2.94. The van der Waals surface area contributed by atoms with Crippen molar-refractivity contribution in [1.29, 1.82) is 0 Å². The Balaban J connectivity index is 1.55. The fourth-order valence-corrected chi connectivity index (χ4v) is 2.81. The number of rotatable bonds is 8. The van der Waals surface area contributed by atoms with E-state index < -0.39 is 10.0 Å². The van der Waals surface area contributed by atoms with Crippen LogP contribution in [0.2, 0.25) is 0 Å². The highest BCUT2D eigenvalue weighted by Crippen LogP contribution is 2.18. The molecular weight excluding hydrogens is 294 g/mol. The quantitative estimate of drug-likeness (QED) is 0.717. The van der Waals surface area contributed by atoms with Gasteiger partial charge in [-0.25, -0.2) is 13.1 Å². The van der Waals surface area contributed by atoms with Gasteiger partial charge in [-0.2, -0.15) is 5.10 Å². The van der Waals surface area contributed by atoms with Crippen LogP contribution in [0.25, 0.3) is 0 Å². The molecule has 3 rings (SSSR count). The molecule has 0 spiro atoms. The zero-order valence-corrected chi connectivity index (χ0v) is 12.2. The number of hydrogen-bond acceptors (Lipinski definition) is 6. The van der Waals surface area contributed by atoms with Crippen molar-refractivity contribution in [3.8, 4) is 0 Å². The van der Waals surface area contributed by atoms with Gasteiger partial charge in [0.15, 0.2) is 0 Å². The highest BCUT2D eigenvalue weighted by Gasteiger charge is 2.20. The minimum Gasteiger partial charge on any atom is -0.364 e. The Labute approximate surface area is 122 Å². The van der Waals surface area contributed by atoms with Gasteiger partial charge in [-0.15, -0.1) is 0 Å². The van der Waals surface area contributed by atoms with Crippen LogP contribution >= 0.6 is 0 Å². The number of nitrogens with zero attached hydrogens (tertiary/aromatic N) is 3. The van der Waals surface area contributed by atoms with E-state index in [0.29, 0.717) is 18.3 Å². The molecule has 1 fully saturated rings. The first kappa shape index (κ1) is 14.2. The minimum atomic E-state index is -3.58. The molecule has 0 saturated heterocycles. The van der Waals surface area contributed by atoms with Gasteiger partial charge in [0, 0.05) is 24.8 Å². The Morgan fingerprint density at radius 1 is 1.43 bits per heavy atom. The fourth-order valence-electron chi connectivity index (χ4n) is 1.86. The highest BCUT2D eigenvalue weighted by atomic mass is 32.2. The van der Waals surface area contributed by atoms with Crippen LogP contribution in [0.4, 0.5) is 0 Å². The molecule has 0 amide bonds. The van der Waals surface area contributed by atoms with Gasteiger partial charge in [0.05, 0.1) is 25.0 Å². The molecule has 0 unspecified atom stereocenters. The molecule has 0 aromatic carbocycles. The second-order valence-corrected chi connectivity index (χ2v) is 6.75. The summed E-state index contributed by atoms with van der Waals surface area (Å²) in [5, 5.41) is 11.1. The number of aromatic nitrogens is 3. The summed E-state index contributed by atoms with van der Waals surface area (Å²) in [5.74, 6) is 0. The third-order valence-electron chi connectivity index (χ3n) is 3.21. The lowest BCUT2D eigenvalue weighted by molar-refractivity contribution is 0.411. The van der Waals surface area contributed by atoms with Crippen molar-refractivity contribution in [1.82, 2.24) is 25.0 Å². The van der Waals surface area contributed by atoms with Crippen LogP contribution in [0.3, 0.4) is 0 Å². The molecule has 0 atom stereocenters. The van der Waals surface area contributed by atoms with Crippen LogP contribution in [0.5, 0.6) is 0 Å². The summed E-state index contributed by atoms with van der Waals surface area (Å²) in [6, 6.07) is 2.24. The van der Waals surface area contributed by atoms with Crippen molar-refractivity contribution in [3.05, 3.63) is 30.4 Å². The lowest BCUT2D eigenvalue weighted by Gasteiger charge is -2.03. The molecule has 114 valence electrons. The zero-order valence-electron chi connectivity index (χ0n) is 11.4. The van der Waals surface area contributed by atoms with E-state index >= 15 is 0 Å². The first-order chi connectivity index (χ1) is 10.1. The molecule has 2 N–H and O–H groups in total. The third kappa shape index (κ3) is 3.90. The average molecular weight is 311 g/mol. The monoisotopic (exact) mass is 311 g/mol. The summed E-state index contributed by atoms with van der Waals surface area (Å²) < 4.78 is 32.9. The van der Waals surface area contributed by atoms with E-state index in [1.807, 2.05) is 0 Å². The molecule has 2 heterocycles. The van der Waals surface area contributed by atoms with E-state index in [1.165, 1.54) is 31.5 Å². The Kier molecular flexibility index (Phi) is 4.04. The van der Waals surface area contributed by atoms with Crippen LogP contribution in [0, 0.1) is 0 Å². The molecule has 2 aromatic heterocycles. The molecule has 0 radical (unpaired) electrons. The van der Waals surface area contributed by atoms with Gasteiger partial charge in [-0.3, -0.25) is 4.68 Å². The van der Waals surface area contributed by atoms with Gasteiger partial charge in [0.25, 0.3) is 0 Å². The zero-order chi connectivity index (χ0) is 14.7. The van der Waals surface area contributed by atoms with Gasteiger partial charge in [-0.05, 0) is 12.8 Å². The van der Waals surface area contributed by atoms with Gasteiger partial charge >= 0.3 is 0 Å². The molecule has 2 aromatic rings. The predicted molar refractivity (Wildman–Crippen MR) is 73.8 cm³/mol. The Morgan fingerprint density at radius 2 is 2.29 bits per heavy atom. The van der Waals surface area contributed by atoms with Crippen molar-refractivity contribution in [2.45, 2.75) is 36.9 Å². The van der Waals surface area contributed by atoms with E-state index in [-0.39, 0.29) is 11.4 Å². The van der Waals surface area contributed by atoms with Crippen molar-refractivity contribution in [2.75, 3.05) is 6.54 Å². The number of nitrogens with one attached hydrogen (secondary N) is 2. The van der Waals surface area contributed by atoms with E-state index in [0.717, 1.165) is 6.54 Å². The highest BCUT2D eigenvalue weighted by molar-refractivity contribution is 7.89. The maximum absolute atomic E-state index is 12.1. The van der Waals surface area contributed by atoms with Crippen LogP contribution in [0.15, 0.2) is 34.1 Å². The summed E-state index contributed by atoms with van der Waals surface area (Å²) in [4.78, 5) is 0.150. The van der Waals surface area contributed by atoms with Crippen LogP contribution in [-0.2, 0) is 23.1 Å². The molecule has 1 aliphatic carbocycles. The van der Waals surface area contributed by atoms with Gasteiger partial charge in [0.1, 0.15) is 11.2 Å². The van der Waals surface area contributed by atoms with Gasteiger partial charge in [-0.1, -0.05) is 5.16 Å². The first-order valence-corrected chi connectivity index (χ1v) is 8.26. The van der Waals surface area contributed by atoms with Crippen molar-refractivity contribution in [3.63, 3.8) is 0 Å². The number of sulfonamides is 1. The summed E-state index contributed by atoms with van der Waals surface area (Å²) in [6.07, 6.45) is 6.73. The Morgan fingerprint density at radius 3 is 3.00 bits per heavy atom. The Bertz CT molecular complexity index is 676. The fraction of sp³-hybridized carbons (Fsp3) is 0.500. The van der Waals surface area contributed by atoms with Crippen LogP contribution in [-0.4, -0.2) is 35.9 Å². The summed E-state index contributed by atoms with van der Waals surface area (Å²) in [7, 11) is -3.58. The second-order valence-electron chi connectivity index (χ2n) is 4.98. The molecule has 0 aliphatic heterocycles. The maximum Gasteiger partial charge on any atom is 0.244 e. The molecule has 9 heteroatoms. The van der Waals surface area contributed by atoms with E-state index in [2.05, 4.69) is 24.8 Å². The summed E-state index contributed by atoms with van der Waals surface area (Å²) >= 11 is 0. The van der Waals surface area contributed by atoms with E-state index in [4.69, 9.17) is 0 Å². The van der Waals surface area contributed by atoms with Crippen molar-refractivity contribution in [2.24, 2.45) is 0 Å². The topological polar surface area (TPSA) is 102 Å². The summed E-state index contributed by atoms with van der Waals surface area (Å²) in [5.41, 5.74) is 0.527. The lowest BCUT2D eigenvalue weighted by Crippen LogP contribution is -2.23. The summed E-state index contributed by atoms with van der Waals surface area (Å²) in [6.45, 7) is 1.53. The lowest BCUT2D eigenvalue weighted by atomic mass is 10.5.